The number of fused-ring (bicyclic) bond motifs is 2. The highest BCUT2D eigenvalue weighted by Gasteiger charge is 2.33. The maximum atomic E-state index is 13.3. The van der Waals surface area contributed by atoms with E-state index in [-0.39, 0.29) is 11.3 Å². The molecule has 0 aliphatic carbocycles. The van der Waals surface area contributed by atoms with E-state index in [1.807, 2.05) is 40.0 Å². The molecule has 146 valence electrons. The van der Waals surface area contributed by atoms with Crippen LogP contribution in [0.5, 0.6) is 0 Å². The lowest BCUT2D eigenvalue weighted by atomic mass is 9.87. The fourth-order valence-electron chi connectivity index (χ4n) is 3.94. The molecule has 0 spiro atoms. The van der Waals surface area contributed by atoms with Gasteiger partial charge in [0.05, 0.1) is 23.7 Å². The number of carbonyl (C=O) groups excluding carboxylic acids is 1. The van der Waals surface area contributed by atoms with Gasteiger partial charge < -0.3 is 9.88 Å². The van der Waals surface area contributed by atoms with Crippen LogP contribution >= 0.6 is 0 Å². The molecule has 0 unspecified atom stereocenters. The zero-order valence-electron chi connectivity index (χ0n) is 16.3. The van der Waals surface area contributed by atoms with Crippen LogP contribution in [0.3, 0.4) is 0 Å². The van der Waals surface area contributed by atoms with Crippen molar-refractivity contribution in [3.8, 4) is 5.82 Å². The number of imidazole rings is 1. The molecule has 1 N–H and O–H groups in total. The molecule has 0 radical (unpaired) electrons. The number of nitrogens with zero attached hydrogens (tertiary/aromatic N) is 6. The summed E-state index contributed by atoms with van der Waals surface area (Å²) < 4.78 is 1.89. The maximum Gasteiger partial charge on any atom is 0.272 e. The van der Waals surface area contributed by atoms with Crippen LogP contribution in [0.1, 0.15) is 35.6 Å². The van der Waals surface area contributed by atoms with Crippen LogP contribution in [-0.2, 0) is 13.0 Å². The van der Waals surface area contributed by atoms with Gasteiger partial charge in [0.2, 0.25) is 0 Å². The van der Waals surface area contributed by atoms with E-state index in [0.717, 1.165) is 29.0 Å². The lowest BCUT2D eigenvalue weighted by molar-refractivity contribution is 0.0674. The topological polar surface area (TPSA) is 92.6 Å². The van der Waals surface area contributed by atoms with Gasteiger partial charge in [-0.05, 0) is 36.1 Å². The summed E-state index contributed by atoms with van der Waals surface area (Å²) in [5, 5.41) is 4.56. The molecular weight excluding hydrogens is 366 g/mol. The van der Waals surface area contributed by atoms with Crippen molar-refractivity contribution in [3.63, 3.8) is 0 Å². The maximum absolute atomic E-state index is 13.3. The van der Waals surface area contributed by atoms with Crippen LogP contribution in [0.15, 0.2) is 49.1 Å². The van der Waals surface area contributed by atoms with Crippen molar-refractivity contribution in [3.05, 3.63) is 66.0 Å². The Kier molecular flexibility index (Phi) is 3.94. The second-order valence-corrected chi connectivity index (χ2v) is 8.19. The standard InChI is InChI=1S/C21H21N7O/c1-21(2)9-17-14(10-25-28(17)18-5-3-4-8-22-18)11-27(12-21)20(29)16-7-6-15-19(26-16)24-13-23-15/h3-8,10,13H,9,11-12H2,1-2H3,(H,23,24,26). The predicted octanol–water partition coefficient (Wildman–Crippen LogP) is 2.76. The van der Waals surface area contributed by atoms with Crippen LogP contribution < -0.4 is 0 Å². The first-order valence-corrected chi connectivity index (χ1v) is 9.57. The van der Waals surface area contributed by atoms with E-state index in [4.69, 9.17) is 0 Å². The van der Waals surface area contributed by atoms with E-state index < -0.39 is 0 Å². The fraction of sp³-hybridized carbons (Fsp3) is 0.286. The molecule has 1 amide bonds. The first-order chi connectivity index (χ1) is 14.0. The number of pyridine rings is 2. The average Bonchev–Trinajstić information content (AvgIpc) is 3.30. The molecule has 0 fully saturated rings. The molecule has 0 saturated carbocycles. The summed E-state index contributed by atoms with van der Waals surface area (Å²) in [6.45, 7) is 5.46. The molecule has 8 nitrogen and oxygen atoms in total. The van der Waals surface area contributed by atoms with Gasteiger partial charge in [-0.2, -0.15) is 5.10 Å². The number of nitrogens with one attached hydrogen (secondary N) is 1. The summed E-state index contributed by atoms with van der Waals surface area (Å²) in [7, 11) is 0. The van der Waals surface area contributed by atoms with Gasteiger partial charge in [-0.25, -0.2) is 19.6 Å². The number of rotatable bonds is 2. The van der Waals surface area contributed by atoms with Gasteiger partial charge in [0, 0.05) is 24.8 Å². The Morgan fingerprint density at radius 2 is 2.07 bits per heavy atom. The molecule has 5 rings (SSSR count). The quantitative estimate of drug-likeness (QED) is 0.571. The Hall–Kier alpha value is -3.55. The second-order valence-electron chi connectivity index (χ2n) is 8.19. The molecule has 1 aliphatic rings. The van der Waals surface area contributed by atoms with Gasteiger partial charge in [0.15, 0.2) is 11.5 Å². The smallest absolute Gasteiger partial charge is 0.272 e. The minimum Gasteiger partial charge on any atom is -0.343 e. The first kappa shape index (κ1) is 17.5. The van der Waals surface area contributed by atoms with Crippen LogP contribution in [0.25, 0.3) is 17.0 Å². The highest BCUT2D eigenvalue weighted by Crippen LogP contribution is 2.31. The molecule has 8 heteroatoms. The summed E-state index contributed by atoms with van der Waals surface area (Å²) in [5.41, 5.74) is 3.78. The molecule has 4 aromatic heterocycles. The lowest BCUT2D eigenvalue weighted by Gasteiger charge is -2.29. The lowest BCUT2D eigenvalue weighted by Crippen LogP contribution is -2.37. The summed E-state index contributed by atoms with van der Waals surface area (Å²) in [6.07, 6.45) is 5.99. The number of carbonyl (C=O) groups is 1. The number of amides is 1. The van der Waals surface area contributed by atoms with E-state index in [1.165, 1.54) is 0 Å². The number of aromatic amines is 1. The van der Waals surface area contributed by atoms with E-state index >= 15 is 0 Å². The van der Waals surface area contributed by atoms with Crippen LogP contribution in [0.4, 0.5) is 0 Å². The molecule has 1 aliphatic heterocycles. The molecular formula is C21H21N7O. The molecule has 4 aromatic rings. The van der Waals surface area contributed by atoms with Gasteiger partial charge in [0.1, 0.15) is 5.69 Å². The van der Waals surface area contributed by atoms with Gasteiger partial charge in [-0.15, -0.1) is 0 Å². The van der Waals surface area contributed by atoms with Gasteiger partial charge in [-0.3, -0.25) is 4.79 Å². The third-order valence-corrected chi connectivity index (χ3v) is 5.24. The van der Waals surface area contributed by atoms with E-state index in [0.29, 0.717) is 24.4 Å². The van der Waals surface area contributed by atoms with Crippen molar-refractivity contribution in [2.45, 2.75) is 26.8 Å². The highest BCUT2D eigenvalue weighted by atomic mass is 16.2. The Morgan fingerprint density at radius 3 is 2.90 bits per heavy atom. The zero-order valence-corrected chi connectivity index (χ0v) is 16.3. The number of H-pyrrole nitrogens is 1. The predicted molar refractivity (Wildman–Crippen MR) is 107 cm³/mol. The summed E-state index contributed by atoms with van der Waals surface area (Å²) in [4.78, 5) is 31.2. The molecule has 0 atom stereocenters. The Morgan fingerprint density at radius 1 is 1.17 bits per heavy atom. The van der Waals surface area contributed by atoms with E-state index in [1.54, 1.807) is 18.6 Å². The first-order valence-electron chi connectivity index (χ1n) is 9.57. The van der Waals surface area contributed by atoms with Gasteiger partial charge in [0.25, 0.3) is 5.91 Å². The monoisotopic (exact) mass is 387 g/mol. The molecule has 5 heterocycles. The second kappa shape index (κ2) is 6.51. The molecule has 0 aromatic carbocycles. The SMILES string of the molecule is CC1(C)Cc2c(cnn2-c2ccccn2)CN(C(=O)c2ccc3[nH]cnc3n2)C1. The Bertz CT molecular complexity index is 1190. The Balaban J connectivity index is 1.51. The minimum absolute atomic E-state index is 0.0959. The third-order valence-electron chi connectivity index (χ3n) is 5.24. The summed E-state index contributed by atoms with van der Waals surface area (Å²) in [6, 6.07) is 9.37. The van der Waals surface area contributed by atoms with Crippen molar-refractivity contribution in [1.29, 1.82) is 0 Å². The molecule has 0 saturated heterocycles. The van der Waals surface area contributed by atoms with Gasteiger partial charge in [-0.1, -0.05) is 19.9 Å². The largest absolute Gasteiger partial charge is 0.343 e. The zero-order chi connectivity index (χ0) is 20.0. The summed E-state index contributed by atoms with van der Waals surface area (Å²) in [5.74, 6) is 0.691. The van der Waals surface area contributed by atoms with Crippen LogP contribution in [0.2, 0.25) is 0 Å². The minimum atomic E-state index is -0.121. The third kappa shape index (κ3) is 3.16. The number of hydrogen-bond acceptors (Lipinski definition) is 5. The number of hydrogen-bond donors (Lipinski definition) is 1. The van der Waals surface area contributed by atoms with E-state index in [9.17, 15) is 4.79 Å². The highest BCUT2D eigenvalue weighted by molar-refractivity contribution is 5.94. The van der Waals surface area contributed by atoms with Crippen molar-refractivity contribution >= 4 is 17.1 Å². The van der Waals surface area contributed by atoms with Crippen LogP contribution in [-0.4, -0.2) is 47.1 Å². The van der Waals surface area contributed by atoms with Crippen molar-refractivity contribution in [1.82, 2.24) is 34.6 Å². The molecule has 29 heavy (non-hydrogen) atoms. The number of aromatic nitrogens is 6. The van der Waals surface area contributed by atoms with Crippen LogP contribution in [0, 0.1) is 5.41 Å². The summed E-state index contributed by atoms with van der Waals surface area (Å²) >= 11 is 0. The Labute approximate surface area is 167 Å². The van der Waals surface area contributed by atoms with Crippen molar-refractivity contribution in [2.24, 2.45) is 5.41 Å². The average molecular weight is 387 g/mol. The van der Waals surface area contributed by atoms with Crippen molar-refractivity contribution in [2.75, 3.05) is 6.54 Å². The van der Waals surface area contributed by atoms with E-state index in [2.05, 4.69) is 38.9 Å². The fourth-order valence-corrected chi connectivity index (χ4v) is 3.94. The normalized spacial score (nSPS) is 15.9. The van der Waals surface area contributed by atoms with Gasteiger partial charge >= 0.3 is 0 Å². The van der Waals surface area contributed by atoms with Crippen molar-refractivity contribution < 1.29 is 4.79 Å². The molecule has 0 bridgehead atoms.